The van der Waals surface area contributed by atoms with Gasteiger partial charge in [-0.05, 0) is 52.7 Å². The van der Waals surface area contributed by atoms with Gasteiger partial charge in [-0.1, -0.05) is 64.5 Å². The van der Waals surface area contributed by atoms with Crippen LogP contribution in [-0.4, -0.2) is 59.0 Å². The van der Waals surface area contributed by atoms with Gasteiger partial charge in [-0.3, -0.25) is 9.59 Å². The fourth-order valence-electron chi connectivity index (χ4n) is 3.94. The molecular formula is C25H46N4O3. The molecule has 0 radical (unpaired) electrons. The summed E-state index contributed by atoms with van der Waals surface area (Å²) >= 11 is 0. The summed E-state index contributed by atoms with van der Waals surface area (Å²) in [6.07, 6.45) is 10.6. The molecule has 0 bridgehead atoms. The number of hydrogen-bond acceptors (Lipinski definition) is 5. The highest BCUT2D eigenvalue weighted by atomic mass is 16.5. The molecule has 7 nitrogen and oxygen atoms in total. The minimum atomic E-state index is -0.234. The van der Waals surface area contributed by atoms with Crippen molar-refractivity contribution in [3.8, 4) is 0 Å². The van der Waals surface area contributed by atoms with Crippen molar-refractivity contribution in [1.82, 2.24) is 15.0 Å². The number of aryl methyl sites for hydroxylation is 1. The summed E-state index contributed by atoms with van der Waals surface area (Å²) in [5, 5.41) is 6.56. The van der Waals surface area contributed by atoms with E-state index in [1.165, 1.54) is 32.1 Å². The van der Waals surface area contributed by atoms with Crippen molar-refractivity contribution >= 4 is 17.6 Å². The van der Waals surface area contributed by atoms with E-state index in [9.17, 15) is 9.59 Å². The van der Waals surface area contributed by atoms with Crippen LogP contribution >= 0.6 is 0 Å². The molecule has 1 aromatic heterocycles. The highest BCUT2D eigenvalue weighted by Crippen LogP contribution is 2.14. The molecule has 0 aromatic carbocycles. The quantitative estimate of drug-likeness (QED) is 0.303. The number of rotatable bonds is 18. The van der Waals surface area contributed by atoms with Gasteiger partial charge in [0.1, 0.15) is 12.3 Å². The average Bonchev–Trinajstić information content (AvgIpc) is 3.18. The van der Waals surface area contributed by atoms with Crippen molar-refractivity contribution < 1.29 is 14.1 Å². The first-order valence-electron chi connectivity index (χ1n) is 12.7. The third-order valence-electron chi connectivity index (χ3n) is 6.05. The molecule has 1 unspecified atom stereocenters. The molecule has 1 N–H and O–H groups in total. The second-order valence-corrected chi connectivity index (χ2v) is 8.78. The Morgan fingerprint density at radius 2 is 1.69 bits per heavy atom. The number of carbonyl (C=O) groups is 2. The largest absolute Gasteiger partial charge is 0.360 e. The predicted octanol–water partition coefficient (Wildman–Crippen LogP) is 5.40. The minimum absolute atomic E-state index is 0.0208. The lowest BCUT2D eigenvalue weighted by molar-refractivity contribution is -0.137. The maximum Gasteiger partial charge on any atom is 0.245 e. The number of nitrogens with one attached hydrogen (secondary N) is 1. The highest BCUT2D eigenvalue weighted by Gasteiger charge is 2.23. The van der Waals surface area contributed by atoms with Gasteiger partial charge in [0.05, 0.1) is 0 Å². The standard InChI is InChI=1S/C25H46N4O3/c1-6-9-10-11-12-13-14-17-25(31)29(21(4)16-15-18-28(7-2)8-3)20-24(30)26-23-19-22(5)32-27-23/h19,21H,6-18,20H2,1-5H3,(H,26,27,30). The highest BCUT2D eigenvalue weighted by molar-refractivity contribution is 5.93. The van der Waals surface area contributed by atoms with Gasteiger partial charge in [-0.15, -0.1) is 0 Å². The molecule has 1 atom stereocenters. The Hall–Kier alpha value is -1.89. The molecule has 32 heavy (non-hydrogen) atoms. The van der Waals surface area contributed by atoms with E-state index in [0.717, 1.165) is 45.3 Å². The van der Waals surface area contributed by atoms with Gasteiger partial charge < -0.3 is 19.6 Å². The average molecular weight is 451 g/mol. The van der Waals surface area contributed by atoms with Crippen molar-refractivity contribution in [2.75, 3.05) is 31.5 Å². The topological polar surface area (TPSA) is 78.7 Å². The summed E-state index contributed by atoms with van der Waals surface area (Å²) < 4.78 is 5.01. The van der Waals surface area contributed by atoms with Gasteiger partial charge >= 0.3 is 0 Å². The van der Waals surface area contributed by atoms with Crippen molar-refractivity contribution in [1.29, 1.82) is 0 Å². The van der Waals surface area contributed by atoms with Crippen LogP contribution in [-0.2, 0) is 9.59 Å². The molecule has 1 aromatic rings. The molecule has 0 fully saturated rings. The number of anilines is 1. The van der Waals surface area contributed by atoms with Crippen molar-refractivity contribution in [2.24, 2.45) is 0 Å². The maximum atomic E-state index is 13.0. The minimum Gasteiger partial charge on any atom is -0.360 e. The van der Waals surface area contributed by atoms with E-state index in [0.29, 0.717) is 18.0 Å². The maximum absolute atomic E-state index is 13.0. The fourth-order valence-corrected chi connectivity index (χ4v) is 3.94. The van der Waals surface area contributed by atoms with Crippen LogP contribution in [0.2, 0.25) is 0 Å². The Morgan fingerprint density at radius 1 is 1.03 bits per heavy atom. The van der Waals surface area contributed by atoms with Gasteiger partial charge in [0.25, 0.3) is 0 Å². The molecule has 0 aliphatic heterocycles. The first-order chi connectivity index (χ1) is 15.4. The van der Waals surface area contributed by atoms with Gasteiger partial charge in [0.2, 0.25) is 11.8 Å². The number of aromatic nitrogens is 1. The summed E-state index contributed by atoms with van der Waals surface area (Å²) in [5.41, 5.74) is 0. The molecule has 1 rings (SSSR count). The Morgan fingerprint density at radius 3 is 2.28 bits per heavy atom. The second-order valence-electron chi connectivity index (χ2n) is 8.78. The Kier molecular flexibility index (Phi) is 14.7. The van der Waals surface area contributed by atoms with Crippen molar-refractivity contribution in [3.63, 3.8) is 0 Å². The molecule has 7 heteroatoms. The van der Waals surface area contributed by atoms with Crippen LogP contribution < -0.4 is 5.32 Å². The van der Waals surface area contributed by atoms with Crippen LogP contribution in [0.15, 0.2) is 10.6 Å². The monoisotopic (exact) mass is 450 g/mol. The molecule has 0 aliphatic rings. The van der Waals surface area contributed by atoms with Gasteiger partial charge in [0.15, 0.2) is 5.82 Å². The van der Waals surface area contributed by atoms with Gasteiger partial charge in [-0.25, -0.2) is 0 Å². The number of amides is 2. The van der Waals surface area contributed by atoms with E-state index in [2.05, 4.69) is 43.1 Å². The summed E-state index contributed by atoms with van der Waals surface area (Å²) in [7, 11) is 0. The first-order valence-corrected chi connectivity index (χ1v) is 12.7. The summed E-state index contributed by atoms with van der Waals surface area (Å²) in [5.74, 6) is 0.861. The van der Waals surface area contributed by atoms with Crippen molar-refractivity contribution in [3.05, 3.63) is 11.8 Å². The summed E-state index contributed by atoms with van der Waals surface area (Å²) in [4.78, 5) is 29.8. The molecular weight excluding hydrogens is 404 g/mol. The molecule has 0 saturated heterocycles. The molecule has 2 amide bonds. The summed E-state index contributed by atoms with van der Waals surface area (Å²) in [6.45, 7) is 13.5. The number of nitrogens with zero attached hydrogens (tertiary/aromatic N) is 3. The zero-order chi connectivity index (χ0) is 23.8. The van der Waals surface area contributed by atoms with E-state index in [1.54, 1.807) is 17.9 Å². The Bertz CT molecular complexity index is 643. The zero-order valence-corrected chi connectivity index (χ0v) is 21.1. The lowest BCUT2D eigenvalue weighted by Crippen LogP contribution is -2.44. The van der Waals surface area contributed by atoms with E-state index >= 15 is 0 Å². The van der Waals surface area contributed by atoms with Crippen LogP contribution in [0.5, 0.6) is 0 Å². The van der Waals surface area contributed by atoms with Crippen LogP contribution in [0.25, 0.3) is 0 Å². The first kappa shape index (κ1) is 28.1. The molecule has 0 aliphatic carbocycles. The summed E-state index contributed by atoms with van der Waals surface area (Å²) in [6, 6.07) is 1.70. The number of unbranched alkanes of at least 4 members (excludes halogenated alkanes) is 6. The third kappa shape index (κ3) is 11.7. The van der Waals surface area contributed by atoms with Crippen LogP contribution in [0, 0.1) is 6.92 Å². The lowest BCUT2D eigenvalue weighted by Gasteiger charge is -2.29. The predicted molar refractivity (Wildman–Crippen MR) is 131 cm³/mol. The van der Waals surface area contributed by atoms with Crippen LogP contribution in [0.4, 0.5) is 5.82 Å². The van der Waals surface area contributed by atoms with Crippen LogP contribution in [0.1, 0.15) is 97.7 Å². The van der Waals surface area contributed by atoms with E-state index in [4.69, 9.17) is 4.52 Å². The fraction of sp³-hybridized carbons (Fsp3) is 0.800. The molecule has 0 saturated carbocycles. The third-order valence-corrected chi connectivity index (χ3v) is 6.05. The lowest BCUT2D eigenvalue weighted by atomic mass is 10.1. The Labute approximate surface area is 195 Å². The number of hydrogen-bond donors (Lipinski definition) is 1. The molecule has 1 heterocycles. The second kappa shape index (κ2) is 16.7. The molecule has 184 valence electrons. The van der Waals surface area contributed by atoms with Gasteiger partial charge in [-0.2, -0.15) is 0 Å². The molecule has 0 spiro atoms. The SMILES string of the molecule is CCCCCCCCCC(=O)N(CC(=O)Nc1cc(C)on1)C(C)CCCN(CC)CC. The van der Waals surface area contributed by atoms with E-state index < -0.39 is 0 Å². The smallest absolute Gasteiger partial charge is 0.245 e. The van der Waals surface area contributed by atoms with E-state index in [-0.39, 0.29) is 24.4 Å². The van der Waals surface area contributed by atoms with Crippen molar-refractivity contribution in [2.45, 2.75) is 105 Å². The Balaban J connectivity index is 2.58. The normalized spacial score (nSPS) is 12.2. The van der Waals surface area contributed by atoms with Crippen LogP contribution in [0.3, 0.4) is 0 Å². The zero-order valence-electron chi connectivity index (χ0n) is 21.1. The van der Waals surface area contributed by atoms with Gasteiger partial charge in [0, 0.05) is 18.5 Å². The number of carbonyl (C=O) groups excluding carboxylic acids is 2. The van der Waals surface area contributed by atoms with E-state index in [1.807, 2.05) is 0 Å².